The number of anilines is 5. The summed E-state index contributed by atoms with van der Waals surface area (Å²) < 4.78 is 21.4. The van der Waals surface area contributed by atoms with Gasteiger partial charge >= 0.3 is 0 Å². The Hall–Kier alpha value is -4.02. The molecule has 8 nitrogen and oxygen atoms in total. The average Bonchev–Trinajstić information content (AvgIpc) is 2.88. The smallest absolute Gasteiger partial charge is 0.248 e. The van der Waals surface area contributed by atoms with E-state index in [0.717, 1.165) is 16.5 Å². The molecule has 0 spiro atoms. The quantitative estimate of drug-likeness (QED) is 0.212. The second kappa shape index (κ2) is 11.8. The van der Waals surface area contributed by atoms with Crippen LogP contribution in [0.5, 0.6) is 5.75 Å². The molecule has 0 atom stereocenters. The molecule has 0 aliphatic carbocycles. The Bertz CT molecular complexity index is 1460. The van der Waals surface area contributed by atoms with Crippen molar-refractivity contribution in [3.8, 4) is 5.75 Å². The molecule has 0 fully saturated rings. The van der Waals surface area contributed by atoms with Crippen molar-refractivity contribution >= 4 is 61.4 Å². The van der Waals surface area contributed by atoms with Crippen LogP contribution in [0.25, 0.3) is 10.8 Å². The second-order valence-corrected chi connectivity index (χ2v) is 9.21. The highest BCUT2D eigenvalue weighted by Crippen LogP contribution is 2.35. The van der Waals surface area contributed by atoms with Gasteiger partial charge in [-0.25, -0.2) is 9.37 Å². The minimum absolute atomic E-state index is 0.00320. The molecule has 0 unspecified atom stereocenters. The number of halogens is 2. The molecule has 0 saturated carbocycles. The number of amides is 1. The fraction of sp³-hybridized carbons (Fsp3) is 0.148. The fourth-order valence-electron chi connectivity index (χ4n) is 3.52. The topological polar surface area (TPSA) is 91.4 Å². The molecule has 3 N–H and O–H groups in total. The molecule has 1 aromatic heterocycles. The van der Waals surface area contributed by atoms with Crippen molar-refractivity contribution < 1.29 is 13.9 Å². The van der Waals surface area contributed by atoms with Crippen LogP contribution in [0.15, 0.2) is 77.4 Å². The lowest BCUT2D eigenvalue weighted by Gasteiger charge is -2.15. The highest BCUT2D eigenvalue weighted by Gasteiger charge is 2.17. The maximum Gasteiger partial charge on any atom is 0.248 e. The second-order valence-electron chi connectivity index (χ2n) is 8.36. The van der Waals surface area contributed by atoms with Gasteiger partial charge in [0.15, 0.2) is 5.82 Å². The molecule has 4 rings (SSSR count). The zero-order chi connectivity index (χ0) is 26.4. The van der Waals surface area contributed by atoms with Gasteiger partial charge in [0.2, 0.25) is 11.9 Å². The number of aromatic nitrogens is 2. The average molecular weight is 565 g/mol. The van der Waals surface area contributed by atoms with Crippen LogP contribution in [0.4, 0.5) is 33.2 Å². The third kappa shape index (κ3) is 6.60. The first-order chi connectivity index (χ1) is 17.8. The Kier molecular flexibility index (Phi) is 8.32. The lowest BCUT2D eigenvalue weighted by atomic mass is 10.1. The lowest BCUT2D eigenvalue weighted by molar-refractivity contribution is -0.111. The Balaban J connectivity index is 1.57. The maximum absolute atomic E-state index is 15.4. The highest BCUT2D eigenvalue weighted by molar-refractivity contribution is 9.10. The maximum atomic E-state index is 15.4. The summed E-state index contributed by atoms with van der Waals surface area (Å²) in [6, 6.07) is 17.0. The lowest BCUT2D eigenvalue weighted by Crippen LogP contribution is -2.14. The molecular weight excluding hydrogens is 539 g/mol. The molecule has 4 aromatic rings. The SMILES string of the molecule is COc1ccc(NC(=O)/C=C/CN(C)C)c(F)c1Nc1ncc(Br)c(Nc2ccc3ccccc3c2)n1. The van der Waals surface area contributed by atoms with Crippen molar-refractivity contribution in [2.45, 2.75) is 0 Å². The summed E-state index contributed by atoms with van der Waals surface area (Å²) in [4.78, 5) is 22.9. The van der Waals surface area contributed by atoms with E-state index in [1.807, 2.05) is 61.5 Å². The highest BCUT2D eigenvalue weighted by atomic mass is 79.9. The molecule has 10 heteroatoms. The standard InChI is InChI=1S/C27H26BrFN6O2/c1-35(2)14-6-9-23(36)32-21-12-13-22(37-3)25(24(21)29)33-27-30-16-20(28)26(34-27)31-19-11-10-17-7-4-5-8-18(17)15-19/h4-13,15-16H,14H2,1-3H3,(H,32,36)(H2,30,31,33,34)/b9-6+. The van der Waals surface area contributed by atoms with Gasteiger partial charge in [0.1, 0.15) is 17.3 Å². The molecule has 3 aromatic carbocycles. The molecule has 0 aliphatic heterocycles. The van der Waals surface area contributed by atoms with Crippen LogP contribution in [0.3, 0.4) is 0 Å². The van der Waals surface area contributed by atoms with E-state index in [1.165, 1.54) is 19.3 Å². The van der Waals surface area contributed by atoms with E-state index in [4.69, 9.17) is 4.74 Å². The van der Waals surface area contributed by atoms with Crippen molar-refractivity contribution in [2.24, 2.45) is 0 Å². The molecule has 1 amide bonds. The molecule has 0 aliphatic rings. The number of hydrogen-bond donors (Lipinski definition) is 3. The van der Waals surface area contributed by atoms with E-state index in [-0.39, 0.29) is 23.1 Å². The minimum atomic E-state index is -0.704. The number of carbonyl (C=O) groups excluding carboxylic acids is 1. The first-order valence-corrected chi connectivity index (χ1v) is 12.2. The van der Waals surface area contributed by atoms with Crippen molar-refractivity contribution in [3.63, 3.8) is 0 Å². The van der Waals surface area contributed by atoms with Crippen LogP contribution in [0.1, 0.15) is 0 Å². The molecule has 0 saturated heterocycles. The number of ether oxygens (including phenoxy) is 1. The van der Waals surface area contributed by atoms with Gasteiger partial charge in [-0.2, -0.15) is 4.98 Å². The summed E-state index contributed by atoms with van der Waals surface area (Å²) in [5.74, 6) is -0.294. The zero-order valence-corrected chi connectivity index (χ0v) is 22.1. The molecular formula is C27H26BrFN6O2. The number of hydrogen-bond acceptors (Lipinski definition) is 7. The van der Waals surface area contributed by atoms with Crippen molar-refractivity contribution in [3.05, 3.63) is 83.2 Å². The van der Waals surface area contributed by atoms with Gasteiger partial charge in [0, 0.05) is 24.5 Å². The van der Waals surface area contributed by atoms with Gasteiger partial charge in [-0.15, -0.1) is 0 Å². The van der Waals surface area contributed by atoms with Crippen molar-refractivity contribution in [2.75, 3.05) is 43.7 Å². The Labute approximate surface area is 222 Å². The van der Waals surface area contributed by atoms with Gasteiger partial charge < -0.3 is 25.6 Å². The number of methoxy groups -OCH3 is 1. The van der Waals surface area contributed by atoms with Crippen LogP contribution in [-0.4, -0.2) is 48.5 Å². The number of rotatable bonds is 9. The third-order valence-electron chi connectivity index (χ3n) is 5.31. The summed E-state index contributed by atoms with van der Waals surface area (Å²) in [6.45, 7) is 0.585. The summed E-state index contributed by atoms with van der Waals surface area (Å²) in [7, 11) is 5.20. The number of nitrogens with one attached hydrogen (secondary N) is 3. The van der Waals surface area contributed by atoms with Gasteiger partial charge in [-0.05, 0) is 65.1 Å². The van der Waals surface area contributed by atoms with Crippen molar-refractivity contribution in [1.82, 2.24) is 14.9 Å². The van der Waals surface area contributed by atoms with Crippen LogP contribution in [0.2, 0.25) is 0 Å². The minimum Gasteiger partial charge on any atom is -0.494 e. The molecule has 190 valence electrons. The van der Waals surface area contributed by atoms with Crippen LogP contribution in [0, 0.1) is 5.82 Å². The first-order valence-electron chi connectivity index (χ1n) is 11.4. The monoisotopic (exact) mass is 564 g/mol. The van der Waals surface area contributed by atoms with Crippen LogP contribution >= 0.6 is 15.9 Å². The van der Waals surface area contributed by atoms with Gasteiger partial charge in [0.05, 0.1) is 17.3 Å². The predicted molar refractivity (Wildman–Crippen MR) is 150 cm³/mol. The summed E-state index contributed by atoms with van der Waals surface area (Å²) in [5.41, 5.74) is 0.825. The number of nitrogens with zero attached hydrogens (tertiary/aromatic N) is 3. The van der Waals surface area contributed by atoms with Gasteiger partial charge in [-0.3, -0.25) is 4.79 Å². The number of carbonyl (C=O) groups is 1. The Morgan fingerprint density at radius 1 is 1.11 bits per heavy atom. The molecule has 1 heterocycles. The molecule has 37 heavy (non-hydrogen) atoms. The van der Waals surface area contributed by atoms with E-state index in [9.17, 15) is 4.79 Å². The number of fused-ring (bicyclic) bond motifs is 1. The van der Waals surface area contributed by atoms with Crippen LogP contribution < -0.4 is 20.7 Å². The number of benzene rings is 3. The third-order valence-corrected chi connectivity index (χ3v) is 5.89. The Morgan fingerprint density at radius 3 is 2.65 bits per heavy atom. The first kappa shape index (κ1) is 26.1. The number of likely N-dealkylation sites (N-methyl/N-ethyl adjacent to an activating group) is 1. The summed E-state index contributed by atoms with van der Waals surface area (Å²) in [5, 5.41) is 10.9. The molecule has 0 bridgehead atoms. The van der Waals surface area contributed by atoms with E-state index in [1.54, 1.807) is 18.3 Å². The van der Waals surface area contributed by atoms with Gasteiger partial charge in [0.25, 0.3) is 0 Å². The fourth-order valence-corrected chi connectivity index (χ4v) is 3.81. The molecule has 0 radical (unpaired) electrons. The Morgan fingerprint density at radius 2 is 1.89 bits per heavy atom. The van der Waals surface area contributed by atoms with Gasteiger partial charge in [-0.1, -0.05) is 36.4 Å². The summed E-state index contributed by atoms with van der Waals surface area (Å²) in [6.07, 6.45) is 4.61. The predicted octanol–water partition coefficient (Wildman–Crippen LogP) is 6.08. The summed E-state index contributed by atoms with van der Waals surface area (Å²) >= 11 is 3.46. The van der Waals surface area contributed by atoms with Crippen LogP contribution in [-0.2, 0) is 4.79 Å². The largest absolute Gasteiger partial charge is 0.494 e. The normalized spacial score (nSPS) is 11.2. The zero-order valence-electron chi connectivity index (χ0n) is 20.5. The van der Waals surface area contributed by atoms with E-state index < -0.39 is 11.7 Å². The van der Waals surface area contributed by atoms with E-state index in [2.05, 4.69) is 41.8 Å². The van der Waals surface area contributed by atoms with E-state index >= 15 is 4.39 Å². The van der Waals surface area contributed by atoms with E-state index in [0.29, 0.717) is 16.8 Å². The van der Waals surface area contributed by atoms with Crippen molar-refractivity contribution in [1.29, 1.82) is 0 Å².